The number of para-hydroxylation sites is 1. The summed E-state index contributed by atoms with van der Waals surface area (Å²) in [5, 5.41) is 12.2. The van der Waals surface area contributed by atoms with E-state index in [4.69, 9.17) is 0 Å². The number of hydrogen-bond donors (Lipinski definition) is 0. The molecule has 0 amide bonds. The van der Waals surface area contributed by atoms with Crippen LogP contribution in [0.15, 0.2) is 63.0 Å². The van der Waals surface area contributed by atoms with Crippen LogP contribution < -0.4 is 5.56 Å². The molecule has 0 fully saturated rings. The lowest BCUT2D eigenvalue weighted by Gasteiger charge is -2.07. The fourth-order valence-corrected chi connectivity index (χ4v) is 4.26. The first-order valence-electron chi connectivity index (χ1n) is 8.67. The smallest absolute Gasteiger partial charge is 0.283 e. The van der Waals surface area contributed by atoms with Gasteiger partial charge in [-0.2, -0.15) is 4.68 Å². The molecule has 0 atom stereocenters. The van der Waals surface area contributed by atoms with Crippen LogP contribution in [0, 0.1) is 12.7 Å². The molecule has 0 saturated heterocycles. The van der Waals surface area contributed by atoms with Gasteiger partial charge in [-0.15, -0.1) is 5.10 Å². The normalized spacial score (nSPS) is 11.2. The third-order valence-electron chi connectivity index (χ3n) is 4.54. The molecule has 29 heavy (non-hydrogen) atoms. The molecule has 0 saturated carbocycles. The number of rotatable bonds is 5. The van der Waals surface area contributed by atoms with Gasteiger partial charge in [-0.25, -0.2) is 9.07 Å². The van der Waals surface area contributed by atoms with Gasteiger partial charge in [0.1, 0.15) is 5.82 Å². The Morgan fingerprint density at radius 1 is 1.17 bits per heavy atom. The van der Waals surface area contributed by atoms with E-state index in [2.05, 4.69) is 31.5 Å². The first kappa shape index (κ1) is 19.6. The van der Waals surface area contributed by atoms with Gasteiger partial charge in [0, 0.05) is 17.3 Å². The molecule has 7 nitrogen and oxygen atoms in total. The van der Waals surface area contributed by atoms with Gasteiger partial charge in [-0.05, 0) is 53.2 Å². The van der Waals surface area contributed by atoms with Crippen molar-refractivity contribution in [2.24, 2.45) is 7.05 Å². The number of halogens is 2. The van der Waals surface area contributed by atoms with Crippen LogP contribution in [0.3, 0.4) is 0 Å². The van der Waals surface area contributed by atoms with Crippen LogP contribution in [0.4, 0.5) is 4.39 Å². The van der Waals surface area contributed by atoms with E-state index in [1.807, 2.05) is 37.3 Å². The van der Waals surface area contributed by atoms with Gasteiger partial charge in [0.2, 0.25) is 5.16 Å². The van der Waals surface area contributed by atoms with Gasteiger partial charge in [0.15, 0.2) is 5.69 Å². The average molecular weight is 475 g/mol. The second kappa shape index (κ2) is 7.96. The first-order valence-corrected chi connectivity index (χ1v) is 10.4. The van der Waals surface area contributed by atoms with Crippen LogP contribution in [0.5, 0.6) is 0 Å². The Morgan fingerprint density at radius 3 is 2.69 bits per heavy atom. The molecule has 148 valence electrons. The predicted octanol–water partition coefficient (Wildman–Crippen LogP) is 3.65. The Hall–Kier alpha value is -2.72. The molecule has 0 aliphatic carbocycles. The Morgan fingerprint density at radius 2 is 1.93 bits per heavy atom. The summed E-state index contributed by atoms with van der Waals surface area (Å²) in [6.45, 7) is 1.83. The summed E-state index contributed by atoms with van der Waals surface area (Å²) < 4.78 is 19.6. The summed E-state index contributed by atoms with van der Waals surface area (Å²) in [5.41, 5.74) is 2.09. The van der Waals surface area contributed by atoms with Crippen molar-refractivity contribution in [2.75, 3.05) is 0 Å². The maximum atomic E-state index is 14.0. The zero-order valence-electron chi connectivity index (χ0n) is 15.6. The van der Waals surface area contributed by atoms with E-state index < -0.39 is 0 Å². The highest BCUT2D eigenvalue weighted by Crippen LogP contribution is 2.26. The number of hydrogen-bond acceptors (Lipinski definition) is 5. The fourth-order valence-electron chi connectivity index (χ4n) is 3.00. The molecule has 0 spiro atoms. The molecule has 0 bridgehead atoms. The van der Waals surface area contributed by atoms with Gasteiger partial charge in [-0.1, -0.05) is 45.9 Å². The molecule has 2 aromatic carbocycles. The van der Waals surface area contributed by atoms with Crippen LogP contribution in [-0.4, -0.2) is 29.6 Å². The van der Waals surface area contributed by atoms with Crippen molar-refractivity contribution in [1.82, 2.24) is 29.6 Å². The predicted molar refractivity (Wildman–Crippen MR) is 112 cm³/mol. The highest BCUT2D eigenvalue weighted by molar-refractivity contribution is 9.10. The monoisotopic (exact) mass is 474 g/mol. The second-order valence-electron chi connectivity index (χ2n) is 6.31. The Balaban J connectivity index is 1.72. The molecule has 10 heteroatoms. The van der Waals surface area contributed by atoms with Crippen LogP contribution in [0.1, 0.15) is 11.3 Å². The Kier molecular flexibility index (Phi) is 5.37. The number of benzene rings is 2. The summed E-state index contributed by atoms with van der Waals surface area (Å²) in [6, 6.07) is 14.1. The van der Waals surface area contributed by atoms with Gasteiger partial charge in [-0.3, -0.25) is 9.48 Å². The van der Waals surface area contributed by atoms with Crippen molar-refractivity contribution in [3.63, 3.8) is 0 Å². The average Bonchev–Trinajstić information content (AvgIpc) is 3.25. The summed E-state index contributed by atoms with van der Waals surface area (Å²) in [5.74, 6) is 0.0202. The van der Waals surface area contributed by atoms with Crippen LogP contribution in [-0.2, 0) is 12.8 Å². The quantitative estimate of drug-likeness (QED) is 0.412. The summed E-state index contributed by atoms with van der Waals surface area (Å²) in [6.07, 6.45) is 0. The van der Waals surface area contributed by atoms with Crippen molar-refractivity contribution in [2.45, 2.75) is 17.8 Å². The molecule has 0 aliphatic heterocycles. The number of nitrogens with zero attached hydrogens (tertiary/aromatic N) is 6. The third kappa shape index (κ3) is 3.65. The summed E-state index contributed by atoms with van der Waals surface area (Å²) in [4.78, 5) is 13.2. The zero-order valence-corrected chi connectivity index (χ0v) is 18.0. The minimum atomic E-state index is -0.304. The van der Waals surface area contributed by atoms with Crippen LogP contribution in [0.25, 0.3) is 11.4 Å². The molecule has 2 aromatic heterocycles. The van der Waals surface area contributed by atoms with E-state index in [1.54, 1.807) is 28.5 Å². The fraction of sp³-hybridized carbons (Fsp3) is 0.158. The number of aromatic nitrogens is 6. The lowest BCUT2D eigenvalue weighted by atomic mass is 10.2. The molecular weight excluding hydrogens is 459 g/mol. The van der Waals surface area contributed by atoms with E-state index in [1.165, 1.54) is 22.5 Å². The van der Waals surface area contributed by atoms with Gasteiger partial charge >= 0.3 is 0 Å². The van der Waals surface area contributed by atoms with E-state index >= 15 is 0 Å². The zero-order chi connectivity index (χ0) is 20.5. The maximum Gasteiger partial charge on any atom is 0.297 e. The van der Waals surface area contributed by atoms with Crippen molar-refractivity contribution in [1.29, 1.82) is 0 Å². The van der Waals surface area contributed by atoms with Crippen molar-refractivity contribution >= 4 is 27.7 Å². The minimum absolute atomic E-state index is 0.237. The largest absolute Gasteiger partial charge is 0.297 e. The molecule has 0 radical (unpaired) electrons. The van der Waals surface area contributed by atoms with Crippen LogP contribution >= 0.6 is 27.7 Å². The van der Waals surface area contributed by atoms with Gasteiger partial charge in [0.25, 0.3) is 5.56 Å². The molecule has 0 N–H and O–H groups in total. The van der Waals surface area contributed by atoms with E-state index in [-0.39, 0.29) is 11.4 Å². The number of tetrazole rings is 1. The second-order valence-corrected chi connectivity index (χ2v) is 8.17. The molecule has 2 heterocycles. The van der Waals surface area contributed by atoms with Crippen LogP contribution in [0.2, 0.25) is 0 Å². The SMILES string of the molecule is Cc1c(-n2nnnc2SCc2cc(Br)ccc2F)c(=O)n(-c2ccccc2)n1C. The standard InChI is InChI=1S/C19H16BrFN6OS/c1-12-17(18(28)27(25(12)2)15-6-4-3-5-7-15)26-19(22-23-24-26)29-11-13-10-14(20)8-9-16(13)21/h3-10H,11H2,1-2H3. The van der Waals surface area contributed by atoms with E-state index in [0.717, 1.165) is 10.2 Å². The van der Waals surface area contributed by atoms with Gasteiger partial charge in [0.05, 0.1) is 11.4 Å². The topological polar surface area (TPSA) is 70.5 Å². The summed E-state index contributed by atoms with van der Waals surface area (Å²) in [7, 11) is 1.81. The lowest BCUT2D eigenvalue weighted by molar-refractivity contribution is 0.617. The first-order chi connectivity index (χ1) is 14.0. The Labute approximate surface area is 178 Å². The van der Waals surface area contributed by atoms with E-state index in [0.29, 0.717) is 27.9 Å². The molecule has 0 aliphatic rings. The molecule has 0 unspecified atom stereocenters. The Bertz CT molecular complexity index is 1230. The molecule has 4 aromatic rings. The van der Waals surface area contributed by atoms with E-state index in [9.17, 15) is 9.18 Å². The lowest BCUT2D eigenvalue weighted by Crippen LogP contribution is -2.22. The van der Waals surface area contributed by atoms with Gasteiger partial charge < -0.3 is 0 Å². The van der Waals surface area contributed by atoms with Crippen molar-refractivity contribution in [3.8, 4) is 11.4 Å². The maximum absolute atomic E-state index is 14.0. The van der Waals surface area contributed by atoms with Crippen molar-refractivity contribution in [3.05, 3.63) is 80.4 Å². The highest BCUT2D eigenvalue weighted by atomic mass is 79.9. The highest BCUT2D eigenvalue weighted by Gasteiger charge is 2.22. The summed E-state index contributed by atoms with van der Waals surface area (Å²) >= 11 is 4.61. The third-order valence-corrected chi connectivity index (χ3v) is 6.00. The number of thioether (sulfide) groups is 1. The molecular formula is C19H16BrFN6OS. The van der Waals surface area contributed by atoms with Crippen molar-refractivity contribution < 1.29 is 4.39 Å². The molecule has 4 rings (SSSR count). The minimum Gasteiger partial charge on any atom is -0.283 e.